The number of thiol groups is 1. The van der Waals surface area contributed by atoms with E-state index in [1.807, 2.05) is 12.1 Å². The Hall–Kier alpha value is -1.97. The van der Waals surface area contributed by atoms with Crippen molar-refractivity contribution < 1.29 is 22.7 Å². The van der Waals surface area contributed by atoms with Gasteiger partial charge in [0.1, 0.15) is 0 Å². The predicted octanol–water partition coefficient (Wildman–Crippen LogP) is 6.35. The van der Waals surface area contributed by atoms with Crippen LogP contribution in [0.2, 0.25) is 5.02 Å². The Bertz CT molecular complexity index is 1190. The molecule has 4 nitrogen and oxygen atoms in total. The number of hydrogen-bond donors (Lipinski definition) is 1. The number of benzene rings is 2. The third-order valence-corrected chi connectivity index (χ3v) is 6.39. The molecule has 1 atom stereocenters. The van der Waals surface area contributed by atoms with E-state index in [0.29, 0.717) is 0 Å². The molecule has 2 aliphatic carbocycles. The van der Waals surface area contributed by atoms with E-state index < -0.39 is 11.7 Å². The standard InChI is InChI=1S/C14H5ClF3NOS.C7H14O2S/c15-9-5-7(14(16,17)18)1-2-10(9)19-12-8-3-6(8)4-11(12)21-13(19)20;1-3-4-5-6(10)7(8)9-2/h1-5H;6,10H,3-5H2,1-2H3. The lowest BCUT2D eigenvalue weighted by molar-refractivity contribution is -0.140. The minimum atomic E-state index is -4.46. The molecule has 2 aliphatic rings. The Morgan fingerprint density at radius 1 is 1.29 bits per heavy atom. The van der Waals surface area contributed by atoms with Crippen molar-refractivity contribution in [3.8, 4) is 16.8 Å². The van der Waals surface area contributed by atoms with Crippen LogP contribution >= 0.6 is 35.6 Å². The maximum absolute atomic E-state index is 12.7. The van der Waals surface area contributed by atoms with Crippen molar-refractivity contribution >= 4 is 51.8 Å². The van der Waals surface area contributed by atoms with Crippen molar-refractivity contribution in [2.75, 3.05) is 7.11 Å². The largest absolute Gasteiger partial charge is 0.468 e. The number of ether oxygens (including phenoxy) is 1. The molecular formula is C21H19ClF3NO3S2. The van der Waals surface area contributed by atoms with Gasteiger partial charge in [-0.1, -0.05) is 42.7 Å². The molecule has 2 aromatic rings. The van der Waals surface area contributed by atoms with Crippen LogP contribution < -0.4 is 4.87 Å². The molecule has 1 unspecified atom stereocenters. The van der Waals surface area contributed by atoms with Gasteiger partial charge in [-0.25, -0.2) is 0 Å². The minimum Gasteiger partial charge on any atom is -0.468 e. The lowest BCUT2D eigenvalue weighted by Gasteiger charge is -2.10. The van der Waals surface area contributed by atoms with Gasteiger partial charge in [0, 0.05) is 5.56 Å². The fourth-order valence-corrected chi connectivity index (χ4v) is 4.57. The van der Waals surface area contributed by atoms with E-state index in [0.717, 1.165) is 64.1 Å². The van der Waals surface area contributed by atoms with E-state index in [9.17, 15) is 22.8 Å². The molecule has 0 amide bonds. The average molecular weight is 490 g/mol. The molecule has 1 aromatic heterocycles. The van der Waals surface area contributed by atoms with E-state index in [-0.39, 0.29) is 26.8 Å². The zero-order valence-corrected chi connectivity index (χ0v) is 19.1. The topological polar surface area (TPSA) is 48.3 Å². The summed E-state index contributed by atoms with van der Waals surface area (Å²) in [6.07, 6.45) is -1.53. The maximum Gasteiger partial charge on any atom is 0.416 e. The smallest absolute Gasteiger partial charge is 0.416 e. The highest BCUT2D eigenvalue weighted by molar-refractivity contribution is 7.81. The molecule has 0 aliphatic heterocycles. The summed E-state index contributed by atoms with van der Waals surface area (Å²) in [5.41, 5.74) is 2.18. The predicted molar refractivity (Wildman–Crippen MR) is 121 cm³/mol. The number of unbranched alkanes of at least 4 members (excludes halogenated alkanes) is 1. The third kappa shape index (κ3) is 5.10. The Morgan fingerprint density at radius 2 is 2.00 bits per heavy atom. The lowest BCUT2D eigenvalue weighted by atomic mass is 10.2. The van der Waals surface area contributed by atoms with Crippen LogP contribution in [0.15, 0.2) is 35.1 Å². The normalized spacial score (nSPS) is 12.9. The summed E-state index contributed by atoms with van der Waals surface area (Å²) in [4.78, 5) is 22.6. The SMILES string of the molecule is CCCCC(S)C(=O)OC.O=c1sc2cc3cc-3c2n1-c1ccc(C(F)(F)F)cc1Cl. The van der Waals surface area contributed by atoms with Crippen molar-refractivity contribution in [1.29, 1.82) is 0 Å². The molecule has 1 heterocycles. The second kappa shape index (κ2) is 9.26. The summed E-state index contributed by atoms with van der Waals surface area (Å²) in [5.74, 6) is -0.225. The van der Waals surface area contributed by atoms with Crippen LogP contribution in [-0.2, 0) is 15.7 Å². The number of methoxy groups -OCH3 is 1. The number of alkyl halides is 3. The zero-order valence-electron chi connectivity index (χ0n) is 16.6. The Labute approximate surface area is 191 Å². The quantitative estimate of drug-likeness (QED) is 0.262. The van der Waals surface area contributed by atoms with Gasteiger partial charge in [-0.05, 0) is 42.3 Å². The first-order valence-corrected chi connectivity index (χ1v) is 11.1. The summed E-state index contributed by atoms with van der Waals surface area (Å²) >= 11 is 11.1. The van der Waals surface area contributed by atoms with E-state index in [1.165, 1.54) is 17.7 Å². The molecule has 10 heteroatoms. The van der Waals surface area contributed by atoms with Crippen molar-refractivity contribution in [3.63, 3.8) is 0 Å². The van der Waals surface area contributed by atoms with Gasteiger partial charge < -0.3 is 4.74 Å². The molecule has 0 bridgehead atoms. The number of thiazole rings is 1. The maximum atomic E-state index is 12.7. The number of fused-ring (bicyclic) bond motifs is 3. The van der Waals surface area contributed by atoms with E-state index >= 15 is 0 Å². The number of nitrogens with zero attached hydrogens (tertiary/aromatic N) is 1. The number of rotatable bonds is 5. The van der Waals surface area contributed by atoms with Gasteiger partial charge in [-0.3, -0.25) is 14.2 Å². The molecule has 0 fully saturated rings. The van der Waals surface area contributed by atoms with Gasteiger partial charge in [0.05, 0.1) is 38.8 Å². The monoisotopic (exact) mass is 489 g/mol. The van der Waals surface area contributed by atoms with Gasteiger partial charge >= 0.3 is 17.0 Å². The zero-order chi connectivity index (χ0) is 22.9. The summed E-state index contributed by atoms with van der Waals surface area (Å²) < 4.78 is 44.7. The first kappa shape index (κ1) is 23.7. The fraction of sp³-hybridized carbons (Fsp3) is 0.333. The third-order valence-electron chi connectivity index (χ3n) is 4.73. The molecular weight excluding hydrogens is 471 g/mol. The fourth-order valence-electron chi connectivity index (χ4n) is 3.06. The molecule has 0 N–H and O–H groups in total. The van der Waals surface area contributed by atoms with Crippen molar-refractivity contribution in [1.82, 2.24) is 4.57 Å². The molecule has 166 valence electrons. The number of carbonyl (C=O) groups excluding carboxylic acids is 1. The van der Waals surface area contributed by atoms with Crippen LogP contribution in [0.3, 0.4) is 0 Å². The van der Waals surface area contributed by atoms with Gasteiger partial charge in [-0.15, -0.1) is 0 Å². The molecule has 0 saturated carbocycles. The van der Waals surface area contributed by atoms with Crippen LogP contribution in [0.5, 0.6) is 0 Å². The van der Waals surface area contributed by atoms with Crippen molar-refractivity contribution in [2.45, 2.75) is 37.6 Å². The molecule has 0 saturated heterocycles. The van der Waals surface area contributed by atoms with Gasteiger partial charge in [0.25, 0.3) is 0 Å². The Balaban J connectivity index is 0.000000233. The number of halogens is 4. The molecule has 4 rings (SSSR count). The minimum absolute atomic E-state index is 0.0952. The van der Waals surface area contributed by atoms with Gasteiger partial charge in [0.15, 0.2) is 0 Å². The summed E-state index contributed by atoms with van der Waals surface area (Å²) in [6, 6.07) is 6.83. The molecule has 1 aromatic carbocycles. The highest BCUT2D eigenvalue weighted by atomic mass is 35.5. The van der Waals surface area contributed by atoms with E-state index in [1.54, 1.807) is 0 Å². The van der Waals surface area contributed by atoms with Gasteiger partial charge in [-0.2, -0.15) is 25.8 Å². The van der Waals surface area contributed by atoms with Gasteiger partial charge in [0.2, 0.25) is 0 Å². The van der Waals surface area contributed by atoms with Crippen LogP contribution in [0.25, 0.3) is 27.0 Å². The number of hydrogen-bond acceptors (Lipinski definition) is 5. The van der Waals surface area contributed by atoms with Crippen LogP contribution in [0.1, 0.15) is 31.7 Å². The van der Waals surface area contributed by atoms with Crippen LogP contribution in [0.4, 0.5) is 13.2 Å². The summed E-state index contributed by atoms with van der Waals surface area (Å²) in [5, 5.41) is -0.327. The summed E-state index contributed by atoms with van der Waals surface area (Å²) in [6.45, 7) is 2.08. The van der Waals surface area contributed by atoms with Crippen LogP contribution in [-0.4, -0.2) is 22.9 Å². The lowest BCUT2D eigenvalue weighted by Crippen LogP contribution is -2.15. The second-order valence-corrected chi connectivity index (χ2v) is 8.94. The first-order valence-electron chi connectivity index (χ1n) is 9.41. The van der Waals surface area contributed by atoms with Crippen molar-refractivity contribution in [2.24, 2.45) is 0 Å². The number of esters is 1. The highest BCUT2D eigenvalue weighted by Gasteiger charge is 2.31. The van der Waals surface area contributed by atoms with E-state index in [2.05, 4.69) is 24.3 Å². The summed E-state index contributed by atoms with van der Waals surface area (Å²) in [7, 11) is 1.39. The Kier molecular flexibility index (Phi) is 7.08. The second-order valence-electron chi connectivity index (χ2n) is 6.92. The van der Waals surface area contributed by atoms with Crippen molar-refractivity contribution in [3.05, 3.63) is 50.6 Å². The number of carbonyl (C=O) groups is 1. The molecule has 31 heavy (non-hydrogen) atoms. The van der Waals surface area contributed by atoms with E-state index in [4.69, 9.17) is 11.6 Å². The molecule has 0 radical (unpaired) electrons. The Morgan fingerprint density at radius 3 is 2.58 bits per heavy atom. The average Bonchev–Trinajstić information content (AvgIpc) is 3.27. The number of aromatic nitrogens is 1. The first-order chi connectivity index (χ1) is 14.6. The molecule has 0 spiro atoms. The highest BCUT2D eigenvalue weighted by Crippen LogP contribution is 2.45. The van der Waals surface area contributed by atoms with Crippen LogP contribution in [0, 0.1) is 0 Å².